The fourth-order valence-corrected chi connectivity index (χ4v) is 3.20. The molecule has 16 heavy (non-hydrogen) atoms. The number of halogens is 1. The third kappa shape index (κ3) is 3.27. The maximum Gasteiger partial charge on any atom is 0.364 e. The van der Waals surface area contributed by atoms with Gasteiger partial charge in [0.05, 0.1) is 6.10 Å². The molecule has 0 aromatic rings. The molecule has 1 saturated heterocycles. The van der Waals surface area contributed by atoms with E-state index in [1.165, 1.54) is 5.06 Å². The summed E-state index contributed by atoms with van der Waals surface area (Å²) in [5, 5.41) is 11.3. The first-order valence-corrected chi connectivity index (χ1v) is 7.35. The van der Waals surface area contributed by atoms with Gasteiger partial charge in [0.25, 0.3) is 0 Å². The van der Waals surface area contributed by atoms with Gasteiger partial charge in [0, 0.05) is 17.7 Å². The van der Waals surface area contributed by atoms with Crippen molar-refractivity contribution in [2.45, 2.75) is 57.7 Å². The molecule has 1 unspecified atom stereocenters. The maximum atomic E-state index is 13.0. The van der Waals surface area contributed by atoms with Crippen LogP contribution in [0.3, 0.4) is 0 Å². The van der Waals surface area contributed by atoms with Gasteiger partial charge in [-0.3, -0.25) is 4.57 Å². The molecule has 0 aromatic carbocycles. The lowest BCUT2D eigenvalue weighted by atomic mass is 9.80. The Hall–Kier alpha value is 0.0400. The van der Waals surface area contributed by atoms with Crippen LogP contribution in [0.2, 0.25) is 0 Å². The molecule has 1 aliphatic heterocycles. The van der Waals surface area contributed by atoms with Gasteiger partial charge in [-0.05, 0) is 40.5 Å². The summed E-state index contributed by atoms with van der Waals surface area (Å²) in [4.78, 5) is 0. The van der Waals surface area contributed by atoms with Gasteiger partial charge in [0.15, 0.2) is 0 Å². The molecule has 1 rings (SSSR count). The van der Waals surface area contributed by atoms with E-state index >= 15 is 0 Å². The van der Waals surface area contributed by atoms with Crippen molar-refractivity contribution in [2.75, 3.05) is 6.66 Å². The minimum absolute atomic E-state index is 0.422. The third-order valence-corrected chi connectivity index (χ3v) is 3.61. The minimum Gasteiger partial charge on any atom is -0.313 e. The van der Waals surface area contributed by atoms with Crippen LogP contribution >= 0.6 is 7.68 Å². The summed E-state index contributed by atoms with van der Waals surface area (Å²) < 4.78 is 29.0. The molecular weight excluding hydrogens is 232 g/mol. The van der Waals surface area contributed by atoms with Crippen LogP contribution in [-0.2, 0) is 9.09 Å². The second-order valence-corrected chi connectivity index (χ2v) is 7.52. The van der Waals surface area contributed by atoms with Gasteiger partial charge >= 0.3 is 7.68 Å². The van der Waals surface area contributed by atoms with E-state index in [-0.39, 0.29) is 0 Å². The fraction of sp³-hybridized carbons (Fsp3) is 1.00. The molecule has 0 radical (unpaired) electrons. The minimum atomic E-state index is -3.97. The van der Waals surface area contributed by atoms with Crippen LogP contribution in [-0.4, -0.2) is 34.1 Å². The van der Waals surface area contributed by atoms with E-state index in [9.17, 15) is 14.0 Å². The Morgan fingerprint density at radius 3 is 2.00 bits per heavy atom. The smallest absolute Gasteiger partial charge is 0.313 e. The molecule has 96 valence electrons. The molecule has 0 amide bonds. The van der Waals surface area contributed by atoms with Crippen molar-refractivity contribution in [1.82, 2.24) is 5.06 Å². The van der Waals surface area contributed by atoms with E-state index in [4.69, 9.17) is 4.52 Å². The summed E-state index contributed by atoms with van der Waals surface area (Å²) in [6.45, 7) is 8.37. The van der Waals surface area contributed by atoms with Gasteiger partial charge < -0.3 is 9.73 Å². The van der Waals surface area contributed by atoms with Crippen molar-refractivity contribution in [3.63, 3.8) is 0 Å². The average molecular weight is 253 g/mol. The number of hydrogen-bond donors (Lipinski definition) is 1. The lowest BCUT2D eigenvalue weighted by molar-refractivity contribution is -0.255. The largest absolute Gasteiger partial charge is 0.364 e. The highest BCUT2D eigenvalue weighted by atomic mass is 31.2. The molecule has 4 nitrogen and oxygen atoms in total. The number of rotatable bonds is 2. The van der Waals surface area contributed by atoms with E-state index in [1.54, 1.807) is 0 Å². The first kappa shape index (κ1) is 14.1. The molecule has 0 bridgehead atoms. The highest BCUT2D eigenvalue weighted by Gasteiger charge is 2.46. The molecule has 0 spiro atoms. The molecule has 1 heterocycles. The Bertz CT molecular complexity index is 295. The monoisotopic (exact) mass is 253 g/mol. The molecule has 6 heteroatoms. The summed E-state index contributed by atoms with van der Waals surface area (Å²) in [6.07, 6.45) is 0.484. The summed E-state index contributed by atoms with van der Waals surface area (Å²) in [6, 6.07) is 0. The van der Waals surface area contributed by atoms with Crippen LogP contribution in [0.25, 0.3) is 0 Å². The zero-order valence-electron chi connectivity index (χ0n) is 10.5. The molecule has 1 atom stereocenters. The van der Waals surface area contributed by atoms with Gasteiger partial charge in [-0.2, -0.15) is 9.26 Å². The Balaban J connectivity index is 2.83. The quantitative estimate of drug-likeness (QED) is 0.768. The van der Waals surface area contributed by atoms with E-state index in [0.29, 0.717) is 12.8 Å². The van der Waals surface area contributed by atoms with Crippen molar-refractivity contribution in [1.29, 1.82) is 0 Å². The van der Waals surface area contributed by atoms with Crippen molar-refractivity contribution in [2.24, 2.45) is 0 Å². The molecule has 1 aliphatic rings. The van der Waals surface area contributed by atoms with Gasteiger partial charge in [-0.1, -0.05) is 0 Å². The second kappa shape index (κ2) is 4.05. The van der Waals surface area contributed by atoms with Crippen molar-refractivity contribution >= 4 is 7.68 Å². The normalized spacial score (nSPS) is 29.9. The predicted octanol–water partition coefficient (Wildman–Crippen LogP) is 3.21. The third-order valence-electron chi connectivity index (χ3n) is 2.94. The Morgan fingerprint density at radius 1 is 1.31 bits per heavy atom. The first-order valence-electron chi connectivity index (χ1n) is 5.39. The van der Waals surface area contributed by atoms with Gasteiger partial charge in [0.1, 0.15) is 0 Å². The summed E-state index contributed by atoms with van der Waals surface area (Å²) >= 11 is 0. The maximum absolute atomic E-state index is 13.0. The highest BCUT2D eigenvalue weighted by Crippen LogP contribution is 2.49. The van der Waals surface area contributed by atoms with Crippen LogP contribution in [0.1, 0.15) is 40.5 Å². The number of hydrogen-bond acceptors (Lipinski definition) is 4. The van der Waals surface area contributed by atoms with Crippen molar-refractivity contribution in [3.8, 4) is 0 Å². The summed E-state index contributed by atoms with van der Waals surface area (Å²) in [5.74, 6) is 0. The molecule has 0 saturated carbocycles. The molecule has 0 aromatic heterocycles. The van der Waals surface area contributed by atoms with E-state index < -0.39 is 24.9 Å². The van der Waals surface area contributed by atoms with Crippen LogP contribution in [0.5, 0.6) is 0 Å². The average Bonchev–Trinajstić information content (AvgIpc) is 1.95. The number of hydroxylamine groups is 2. The van der Waals surface area contributed by atoms with Crippen LogP contribution in [0, 0.1) is 0 Å². The SMILES string of the molecule is CC1(C)CC(OP(C)(=O)F)CC(C)(C)N1O. The Labute approximate surface area is 96.3 Å². The zero-order chi connectivity index (χ0) is 12.8. The van der Waals surface area contributed by atoms with Gasteiger partial charge in [0.2, 0.25) is 0 Å². The molecule has 0 aliphatic carbocycles. The van der Waals surface area contributed by atoms with E-state index in [2.05, 4.69) is 0 Å². The summed E-state index contributed by atoms with van der Waals surface area (Å²) in [7, 11) is -3.97. The van der Waals surface area contributed by atoms with Crippen LogP contribution < -0.4 is 0 Å². The predicted molar refractivity (Wildman–Crippen MR) is 60.5 cm³/mol. The Morgan fingerprint density at radius 2 is 1.69 bits per heavy atom. The molecule has 1 fully saturated rings. The molecule has 1 N–H and O–H groups in total. The lowest BCUT2D eigenvalue weighted by Crippen LogP contribution is -2.60. The lowest BCUT2D eigenvalue weighted by Gasteiger charge is -2.51. The van der Waals surface area contributed by atoms with E-state index in [1.807, 2.05) is 27.7 Å². The Kier molecular flexibility index (Phi) is 3.57. The van der Waals surface area contributed by atoms with Crippen LogP contribution in [0.4, 0.5) is 4.20 Å². The number of nitrogens with zero attached hydrogens (tertiary/aromatic N) is 1. The zero-order valence-corrected chi connectivity index (χ0v) is 11.4. The first-order chi connectivity index (χ1) is 6.94. The van der Waals surface area contributed by atoms with E-state index in [0.717, 1.165) is 6.66 Å². The topological polar surface area (TPSA) is 49.8 Å². The number of piperidine rings is 1. The van der Waals surface area contributed by atoms with Gasteiger partial charge in [-0.25, -0.2) is 0 Å². The van der Waals surface area contributed by atoms with Gasteiger partial charge in [-0.15, -0.1) is 0 Å². The second-order valence-electron chi connectivity index (χ2n) is 5.82. The standard InChI is InChI=1S/C10H21FNO3P/c1-9(2)6-8(15-16(5,11)14)7-10(3,4)12(9)13/h8,13H,6-7H2,1-5H3. The van der Waals surface area contributed by atoms with Crippen molar-refractivity contribution in [3.05, 3.63) is 0 Å². The summed E-state index contributed by atoms with van der Waals surface area (Å²) in [5.41, 5.74) is -1.02. The fourth-order valence-electron chi connectivity index (χ4n) is 2.52. The van der Waals surface area contributed by atoms with Crippen molar-refractivity contribution < 1.29 is 18.5 Å². The van der Waals surface area contributed by atoms with Crippen LogP contribution in [0.15, 0.2) is 0 Å². The highest BCUT2D eigenvalue weighted by molar-refractivity contribution is 7.52. The molecular formula is C10H21FNO3P.